The van der Waals surface area contributed by atoms with Gasteiger partial charge in [-0.15, -0.1) is 0 Å². The standard InChI is InChI=1S/C14H21NO3/c1-4-14(5-2,10-16)15-13(17)11-6-8-12(18-3)9-7-11/h6-9,16H,4-5,10H2,1-3H3,(H,15,17). The van der Waals surface area contributed by atoms with Crippen LogP contribution >= 0.6 is 0 Å². The van der Waals surface area contributed by atoms with Crippen molar-refractivity contribution in [3.05, 3.63) is 29.8 Å². The van der Waals surface area contributed by atoms with E-state index in [1.54, 1.807) is 31.4 Å². The van der Waals surface area contributed by atoms with E-state index in [2.05, 4.69) is 5.32 Å². The third-order valence-electron chi connectivity index (χ3n) is 3.39. The number of carbonyl (C=O) groups is 1. The zero-order valence-electron chi connectivity index (χ0n) is 11.2. The number of aliphatic hydroxyl groups excluding tert-OH is 1. The third-order valence-corrected chi connectivity index (χ3v) is 3.39. The highest BCUT2D eigenvalue weighted by atomic mass is 16.5. The van der Waals surface area contributed by atoms with Crippen molar-refractivity contribution in [2.45, 2.75) is 32.2 Å². The third kappa shape index (κ3) is 3.23. The van der Waals surface area contributed by atoms with Crippen LogP contribution in [0.25, 0.3) is 0 Å². The molecule has 0 bridgehead atoms. The molecule has 0 aliphatic rings. The van der Waals surface area contributed by atoms with Gasteiger partial charge in [-0.2, -0.15) is 0 Å². The van der Waals surface area contributed by atoms with Crippen LogP contribution in [0.5, 0.6) is 5.75 Å². The quantitative estimate of drug-likeness (QED) is 0.812. The maximum absolute atomic E-state index is 12.1. The largest absolute Gasteiger partial charge is 0.497 e. The molecule has 4 heteroatoms. The van der Waals surface area contributed by atoms with Crippen molar-refractivity contribution in [1.82, 2.24) is 5.32 Å². The molecule has 1 aromatic rings. The van der Waals surface area contributed by atoms with Crippen LogP contribution in [0.4, 0.5) is 0 Å². The van der Waals surface area contributed by atoms with Gasteiger partial charge in [0.05, 0.1) is 19.3 Å². The van der Waals surface area contributed by atoms with Gasteiger partial charge in [0.1, 0.15) is 5.75 Å². The Morgan fingerprint density at radius 1 is 1.28 bits per heavy atom. The molecule has 0 saturated heterocycles. The summed E-state index contributed by atoms with van der Waals surface area (Å²) in [4.78, 5) is 12.1. The summed E-state index contributed by atoms with van der Waals surface area (Å²) in [5.74, 6) is 0.543. The van der Waals surface area contributed by atoms with Crippen molar-refractivity contribution in [2.75, 3.05) is 13.7 Å². The number of carbonyl (C=O) groups excluding carboxylic acids is 1. The second kappa shape index (κ2) is 6.40. The van der Waals surface area contributed by atoms with E-state index < -0.39 is 5.54 Å². The number of methoxy groups -OCH3 is 1. The van der Waals surface area contributed by atoms with Gasteiger partial charge in [0.2, 0.25) is 0 Å². The smallest absolute Gasteiger partial charge is 0.251 e. The summed E-state index contributed by atoms with van der Waals surface area (Å²) in [6.45, 7) is 3.85. The molecule has 1 rings (SSSR count). The first-order valence-electron chi connectivity index (χ1n) is 6.18. The number of amides is 1. The van der Waals surface area contributed by atoms with Crippen LogP contribution in [0.2, 0.25) is 0 Å². The summed E-state index contributed by atoms with van der Waals surface area (Å²) < 4.78 is 5.04. The molecule has 0 heterocycles. The average Bonchev–Trinajstić information content (AvgIpc) is 2.45. The van der Waals surface area contributed by atoms with Crippen molar-refractivity contribution < 1.29 is 14.6 Å². The maximum atomic E-state index is 12.1. The molecule has 0 unspecified atom stereocenters. The number of ether oxygens (including phenoxy) is 1. The Hall–Kier alpha value is -1.55. The first-order valence-corrected chi connectivity index (χ1v) is 6.18. The normalized spacial score (nSPS) is 11.1. The maximum Gasteiger partial charge on any atom is 0.251 e. The highest BCUT2D eigenvalue weighted by Gasteiger charge is 2.27. The molecule has 0 aromatic heterocycles. The number of benzene rings is 1. The van der Waals surface area contributed by atoms with Crippen LogP contribution in [0, 0.1) is 0 Å². The minimum Gasteiger partial charge on any atom is -0.497 e. The lowest BCUT2D eigenvalue weighted by Crippen LogP contribution is -2.50. The SMILES string of the molecule is CCC(CC)(CO)NC(=O)c1ccc(OC)cc1. The van der Waals surface area contributed by atoms with Crippen LogP contribution in [0.3, 0.4) is 0 Å². The van der Waals surface area contributed by atoms with E-state index in [0.29, 0.717) is 24.2 Å². The van der Waals surface area contributed by atoms with Crippen molar-refractivity contribution >= 4 is 5.91 Å². The van der Waals surface area contributed by atoms with Crippen LogP contribution in [0.1, 0.15) is 37.0 Å². The molecule has 1 amide bonds. The van der Waals surface area contributed by atoms with Crippen molar-refractivity contribution in [3.63, 3.8) is 0 Å². The summed E-state index contributed by atoms with van der Waals surface area (Å²) in [6.07, 6.45) is 1.39. The first-order chi connectivity index (χ1) is 8.60. The minimum absolute atomic E-state index is 0.0537. The van der Waals surface area contributed by atoms with Crippen LogP contribution < -0.4 is 10.1 Å². The Balaban J connectivity index is 2.80. The number of nitrogens with one attached hydrogen (secondary N) is 1. The summed E-state index contributed by atoms with van der Waals surface area (Å²) in [6, 6.07) is 6.91. The molecule has 0 spiro atoms. The Bertz CT molecular complexity index is 374. The van der Waals surface area contributed by atoms with Crippen LogP contribution in [-0.4, -0.2) is 30.3 Å². The zero-order chi connectivity index (χ0) is 13.6. The van der Waals surface area contributed by atoms with E-state index in [0.717, 1.165) is 0 Å². The lowest BCUT2D eigenvalue weighted by molar-refractivity contribution is 0.0818. The molecule has 0 aliphatic carbocycles. The lowest BCUT2D eigenvalue weighted by Gasteiger charge is -2.30. The molecule has 0 saturated carbocycles. The van der Waals surface area contributed by atoms with E-state index >= 15 is 0 Å². The molecule has 0 aliphatic heterocycles. The molecule has 18 heavy (non-hydrogen) atoms. The van der Waals surface area contributed by atoms with Gasteiger partial charge in [0, 0.05) is 5.56 Å². The predicted octanol–water partition coefficient (Wildman–Crippen LogP) is 1.98. The molecule has 0 atom stereocenters. The molecular formula is C14H21NO3. The van der Waals surface area contributed by atoms with E-state index in [1.807, 2.05) is 13.8 Å². The fourth-order valence-corrected chi connectivity index (χ4v) is 1.75. The molecule has 0 fully saturated rings. The Morgan fingerprint density at radius 3 is 2.22 bits per heavy atom. The van der Waals surface area contributed by atoms with E-state index in [9.17, 15) is 9.90 Å². The molecule has 2 N–H and O–H groups in total. The summed E-state index contributed by atoms with van der Waals surface area (Å²) >= 11 is 0. The van der Waals surface area contributed by atoms with E-state index in [-0.39, 0.29) is 12.5 Å². The van der Waals surface area contributed by atoms with E-state index in [4.69, 9.17) is 4.74 Å². The van der Waals surface area contributed by atoms with Gasteiger partial charge in [0.15, 0.2) is 0 Å². The van der Waals surface area contributed by atoms with Crippen molar-refractivity contribution in [3.8, 4) is 5.75 Å². The van der Waals surface area contributed by atoms with Gasteiger partial charge < -0.3 is 15.2 Å². The first kappa shape index (κ1) is 14.5. The molecule has 0 radical (unpaired) electrons. The lowest BCUT2D eigenvalue weighted by atomic mass is 9.93. The highest BCUT2D eigenvalue weighted by molar-refractivity contribution is 5.94. The fourth-order valence-electron chi connectivity index (χ4n) is 1.75. The van der Waals surface area contributed by atoms with E-state index in [1.165, 1.54) is 0 Å². The molecule has 4 nitrogen and oxygen atoms in total. The number of aliphatic hydroxyl groups is 1. The summed E-state index contributed by atoms with van der Waals surface area (Å²) in [5.41, 5.74) is 0.0346. The number of hydrogen-bond acceptors (Lipinski definition) is 3. The second-order valence-electron chi connectivity index (χ2n) is 4.33. The Kier molecular flexibility index (Phi) is 5.16. The number of hydrogen-bond donors (Lipinski definition) is 2. The molecule has 100 valence electrons. The van der Waals surface area contributed by atoms with Crippen LogP contribution in [0.15, 0.2) is 24.3 Å². The Labute approximate surface area is 108 Å². The topological polar surface area (TPSA) is 58.6 Å². The average molecular weight is 251 g/mol. The molecular weight excluding hydrogens is 230 g/mol. The Morgan fingerprint density at radius 2 is 1.83 bits per heavy atom. The summed E-state index contributed by atoms with van der Waals surface area (Å²) in [5, 5.41) is 12.3. The molecule has 1 aromatic carbocycles. The van der Waals surface area contributed by atoms with Gasteiger partial charge in [-0.1, -0.05) is 13.8 Å². The minimum atomic E-state index is -0.531. The predicted molar refractivity (Wildman–Crippen MR) is 70.9 cm³/mol. The van der Waals surface area contributed by atoms with Crippen molar-refractivity contribution in [2.24, 2.45) is 0 Å². The van der Waals surface area contributed by atoms with Gasteiger partial charge in [-0.3, -0.25) is 4.79 Å². The van der Waals surface area contributed by atoms with Gasteiger partial charge >= 0.3 is 0 Å². The van der Waals surface area contributed by atoms with Crippen LogP contribution in [-0.2, 0) is 0 Å². The fraction of sp³-hybridized carbons (Fsp3) is 0.500. The number of rotatable bonds is 6. The van der Waals surface area contributed by atoms with Crippen molar-refractivity contribution in [1.29, 1.82) is 0 Å². The zero-order valence-corrected chi connectivity index (χ0v) is 11.2. The van der Waals surface area contributed by atoms with Gasteiger partial charge in [-0.25, -0.2) is 0 Å². The van der Waals surface area contributed by atoms with Gasteiger partial charge in [0.25, 0.3) is 5.91 Å². The monoisotopic (exact) mass is 251 g/mol. The second-order valence-corrected chi connectivity index (χ2v) is 4.33. The highest BCUT2D eigenvalue weighted by Crippen LogP contribution is 2.16. The summed E-state index contributed by atoms with van der Waals surface area (Å²) in [7, 11) is 1.58. The van der Waals surface area contributed by atoms with Gasteiger partial charge in [-0.05, 0) is 37.1 Å².